The first kappa shape index (κ1) is 15.9. The largest absolute Gasteiger partial charge is 0.295 e. The molecule has 2 heteroatoms. The highest BCUT2D eigenvalue weighted by Crippen LogP contribution is 2.47. The fourth-order valence-corrected chi connectivity index (χ4v) is 4.24. The molecule has 3 aliphatic carbocycles. The van der Waals surface area contributed by atoms with E-state index >= 15 is 0 Å². The highest BCUT2D eigenvalue weighted by Gasteiger charge is 2.37. The molecule has 0 amide bonds. The molecular weight excluding hydrogens is 284 g/mol. The van der Waals surface area contributed by atoms with Crippen LogP contribution in [0.4, 0.5) is 0 Å². The molecular formula is C21H24O2. The van der Waals surface area contributed by atoms with E-state index in [-0.39, 0.29) is 11.2 Å². The first-order chi connectivity index (χ1) is 11.1. The molecule has 0 aromatic heterocycles. The van der Waals surface area contributed by atoms with Gasteiger partial charge < -0.3 is 0 Å². The Morgan fingerprint density at radius 2 is 2.22 bits per heavy atom. The quantitative estimate of drug-likeness (QED) is 0.559. The second kappa shape index (κ2) is 6.27. The first-order valence-electron chi connectivity index (χ1n) is 8.57. The van der Waals surface area contributed by atoms with Gasteiger partial charge in [-0.25, -0.2) is 0 Å². The van der Waals surface area contributed by atoms with Crippen LogP contribution in [-0.4, -0.2) is 12.1 Å². The SMILES string of the molecule is CCC[C@@]1(C)CCC=CC2=C1C=C1C=CC=C(C1)C2C(=O)C=O. The molecule has 0 aliphatic heterocycles. The molecule has 2 nitrogen and oxygen atoms in total. The summed E-state index contributed by atoms with van der Waals surface area (Å²) in [6, 6.07) is 0. The Hall–Kier alpha value is -1.96. The van der Waals surface area contributed by atoms with Crippen molar-refractivity contribution in [1.29, 1.82) is 0 Å². The van der Waals surface area contributed by atoms with Crippen LogP contribution in [0.3, 0.4) is 0 Å². The van der Waals surface area contributed by atoms with Crippen LogP contribution >= 0.6 is 0 Å². The number of allylic oxidation sites excluding steroid dienone is 10. The van der Waals surface area contributed by atoms with E-state index in [4.69, 9.17) is 0 Å². The fourth-order valence-electron chi connectivity index (χ4n) is 4.24. The van der Waals surface area contributed by atoms with Gasteiger partial charge in [0.25, 0.3) is 0 Å². The van der Waals surface area contributed by atoms with E-state index in [1.807, 2.05) is 12.2 Å². The van der Waals surface area contributed by atoms with Crippen molar-refractivity contribution in [2.75, 3.05) is 0 Å². The van der Waals surface area contributed by atoms with Crippen molar-refractivity contribution >= 4 is 12.1 Å². The molecule has 0 spiro atoms. The number of Topliss-reactive ketones (excluding diaryl/α,β-unsaturated/α-hetero) is 1. The number of carbonyl (C=O) groups excluding carboxylic acids is 2. The minimum atomic E-state index is -0.410. The van der Waals surface area contributed by atoms with Gasteiger partial charge in [-0.2, -0.15) is 0 Å². The second-order valence-electron chi connectivity index (χ2n) is 7.07. The van der Waals surface area contributed by atoms with Crippen LogP contribution in [0, 0.1) is 11.3 Å². The molecule has 120 valence electrons. The third-order valence-electron chi connectivity index (χ3n) is 5.36. The van der Waals surface area contributed by atoms with Gasteiger partial charge in [0.15, 0.2) is 6.29 Å². The van der Waals surface area contributed by atoms with Crippen LogP contribution in [0.5, 0.6) is 0 Å². The Balaban J connectivity index is 2.24. The molecule has 0 saturated carbocycles. The van der Waals surface area contributed by atoms with Crippen molar-refractivity contribution in [1.82, 2.24) is 0 Å². The normalized spacial score (nSPS) is 29.2. The summed E-state index contributed by atoms with van der Waals surface area (Å²) in [6.45, 7) is 4.52. The molecule has 0 aromatic carbocycles. The second-order valence-corrected chi connectivity index (χ2v) is 7.07. The van der Waals surface area contributed by atoms with Gasteiger partial charge in [-0.05, 0) is 47.8 Å². The summed E-state index contributed by atoms with van der Waals surface area (Å²) in [5.41, 5.74) is 4.66. The van der Waals surface area contributed by atoms with Crippen molar-refractivity contribution < 1.29 is 9.59 Å². The lowest BCUT2D eigenvalue weighted by atomic mass is 9.71. The maximum atomic E-state index is 12.4. The van der Waals surface area contributed by atoms with E-state index in [0.717, 1.165) is 43.3 Å². The minimum Gasteiger partial charge on any atom is -0.295 e. The van der Waals surface area contributed by atoms with E-state index in [2.05, 4.69) is 38.2 Å². The van der Waals surface area contributed by atoms with Crippen molar-refractivity contribution in [2.24, 2.45) is 11.3 Å². The predicted octanol–water partition coefficient (Wildman–Crippen LogP) is 4.65. The molecule has 0 radical (unpaired) electrons. The lowest BCUT2D eigenvalue weighted by Gasteiger charge is -2.32. The van der Waals surface area contributed by atoms with E-state index < -0.39 is 5.92 Å². The smallest absolute Gasteiger partial charge is 0.206 e. The Kier molecular flexibility index (Phi) is 4.34. The molecule has 0 heterocycles. The number of hydrogen-bond acceptors (Lipinski definition) is 2. The van der Waals surface area contributed by atoms with E-state index in [1.54, 1.807) is 0 Å². The molecule has 2 atom stereocenters. The van der Waals surface area contributed by atoms with Gasteiger partial charge in [0, 0.05) is 0 Å². The number of carbonyl (C=O) groups is 2. The van der Waals surface area contributed by atoms with Crippen LogP contribution in [0.1, 0.15) is 46.0 Å². The van der Waals surface area contributed by atoms with Gasteiger partial charge in [0.2, 0.25) is 5.78 Å². The monoisotopic (exact) mass is 308 g/mol. The lowest BCUT2D eigenvalue weighted by molar-refractivity contribution is -0.131. The highest BCUT2D eigenvalue weighted by atomic mass is 16.2. The van der Waals surface area contributed by atoms with Gasteiger partial charge in [0.1, 0.15) is 0 Å². The Morgan fingerprint density at radius 3 is 2.96 bits per heavy atom. The molecule has 1 unspecified atom stereocenters. The third-order valence-corrected chi connectivity index (χ3v) is 5.36. The zero-order chi connectivity index (χ0) is 16.4. The highest BCUT2D eigenvalue weighted by molar-refractivity contribution is 6.28. The predicted molar refractivity (Wildman–Crippen MR) is 92.9 cm³/mol. The number of hydrogen-bond donors (Lipinski definition) is 0. The van der Waals surface area contributed by atoms with Gasteiger partial charge >= 0.3 is 0 Å². The number of rotatable bonds is 4. The standard InChI is InChI=1S/C21H24O2/c1-3-10-21(2)11-5-4-9-17-18(21)13-15-7-6-8-16(12-15)20(17)19(23)14-22/h4,6-9,13-14,20H,3,5,10-12H2,1-2H3/t20?,21-/m0/s1. The zero-order valence-electron chi connectivity index (χ0n) is 14.0. The molecule has 0 N–H and O–H groups in total. The molecule has 0 aromatic rings. The summed E-state index contributed by atoms with van der Waals surface area (Å²) in [4.78, 5) is 23.7. The first-order valence-corrected chi connectivity index (χ1v) is 8.57. The van der Waals surface area contributed by atoms with Crippen molar-refractivity contribution in [2.45, 2.75) is 46.0 Å². The number of ketones is 1. The van der Waals surface area contributed by atoms with E-state index in [0.29, 0.717) is 6.29 Å². The van der Waals surface area contributed by atoms with Crippen LogP contribution in [0.25, 0.3) is 0 Å². The van der Waals surface area contributed by atoms with E-state index in [9.17, 15) is 9.59 Å². The fraction of sp³-hybridized carbons (Fsp3) is 0.429. The molecule has 2 bridgehead atoms. The summed E-state index contributed by atoms with van der Waals surface area (Å²) >= 11 is 0. The average molecular weight is 308 g/mol. The van der Waals surface area contributed by atoms with Crippen LogP contribution in [0.15, 0.2) is 58.7 Å². The molecule has 0 saturated heterocycles. The zero-order valence-corrected chi connectivity index (χ0v) is 14.0. The summed E-state index contributed by atoms with van der Waals surface area (Å²) in [5, 5.41) is 0. The Morgan fingerprint density at radius 1 is 1.39 bits per heavy atom. The minimum absolute atomic E-state index is 0.0634. The maximum Gasteiger partial charge on any atom is 0.206 e. The molecule has 0 fully saturated rings. The Labute approximate surface area is 138 Å². The van der Waals surface area contributed by atoms with Crippen molar-refractivity contribution in [3.8, 4) is 0 Å². The number of aldehydes is 1. The van der Waals surface area contributed by atoms with Gasteiger partial charge in [-0.3, -0.25) is 9.59 Å². The summed E-state index contributed by atoms with van der Waals surface area (Å²) in [5.74, 6) is -0.731. The molecule has 3 rings (SSSR count). The molecule has 3 aliphatic rings. The van der Waals surface area contributed by atoms with Gasteiger partial charge in [0.05, 0.1) is 5.92 Å². The summed E-state index contributed by atoms with van der Waals surface area (Å²) in [6.07, 6.45) is 18.3. The van der Waals surface area contributed by atoms with Crippen molar-refractivity contribution in [3.63, 3.8) is 0 Å². The maximum absolute atomic E-state index is 12.4. The van der Waals surface area contributed by atoms with E-state index in [1.165, 1.54) is 11.1 Å². The van der Waals surface area contributed by atoms with Gasteiger partial charge in [-0.15, -0.1) is 0 Å². The number of fused-ring (bicyclic) bond motifs is 2. The van der Waals surface area contributed by atoms with Crippen LogP contribution in [-0.2, 0) is 9.59 Å². The van der Waals surface area contributed by atoms with Crippen LogP contribution in [0.2, 0.25) is 0 Å². The Bertz CT molecular complexity index is 685. The topological polar surface area (TPSA) is 34.1 Å². The summed E-state index contributed by atoms with van der Waals surface area (Å²) < 4.78 is 0. The molecule has 23 heavy (non-hydrogen) atoms. The lowest BCUT2D eigenvalue weighted by Crippen LogP contribution is -2.24. The van der Waals surface area contributed by atoms with Crippen LogP contribution < -0.4 is 0 Å². The third kappa shape index (κ3) is 2.83. The van der Waals surface area contributed by atoms with Crippen molar-refractivity contribution in [3.05, 3.63) is 58.7 Å². The average Bonchev–Trinajstić information content (AvgIpc) is 2.75. The summed E-state index contributed by atoms with van der Waals surface area (Å²) in [7, 11) is 0. The van der Waals surface area contributed by atoms with Gasteiger partial charge in [-0.1, -0.05) is 62.3 Å².